The molecule has 0 bridgehead atoms. The van der Waals surface area contributed by atoms with E-state index in [4.69, 9.17) is 4.74 Å². The summed E-state index contributed by atoms with van der Waals surface area (Å²) in [4.78, 5) is 32.2. The minimum absolute atomic E-state index is 0.120. The van der Waals surface area contributed by atoms with Crippen molar-refractivity contribution in [3.05, 3.63) is 58.4 Å². The number of carbonyl (C=O) groups is 1. The number of aromatic nitrogens is 2. The lowest BCUT2D eigenvalue weighted by Crippen LogP contribution is -2.13. The number of anilines is 1. The molecular weight excluding hydrogens is 338 g/mol. The SMILES string of the molecule is Cc1cnc(Oc2ccc(NC(=O)/C=C/CN(C)C)nc2)c([N+](=O)[O-])c1. The molecule has 2 aromatic rings. The average molecular weight is 357 g/mol. The molecule has 0 unspecified atom stereocenters. The lowest BCUT2D eigenvalue weighted by molar-refractivity contribution is -0.386. The summed E-state index contributed by atoms with van der Waals surface area (Å²) in [5, 5.41) is 13.7. The molecule has 2 heterocycles. The van der Waals surface area contributed by atoms with Gasteiger partial charge in [0.05, 0.1) is 11.1 Å². The highest BCUT2D eigenvalue weighted by Gasteiger charge is 2.18. The number of aryl methyl sites for hydroxylation is 1. The molecule has 0 spiro atoms. The van der Waals surface area contributed by atoms with Gasteiger partial charge in [-0.3, -0.25) is 14.9 Å². The molecule has 0 atom stereocenters. The van der Waals surface area contributed by atoms with Gasteiger partial charge in [0.15, 0.2) is 0 Å². The van der Waals surface area contributed by atoms with Crippen molar-refractivity contribution in [2.24, 2.45) is 0 Å². The summed E-state index contributed by atoms with van der Waals surface area (Å²) < 4.78 is 5.43. The second-order valence-electron chi connectivity index (χ2n) is 5.73. The van der Waals surface area contributed by atoms with Crippen LogP contribution in [0.15, 0.2) is 42.7 Å². The summed E-state index contributed by atoms with van der Waals surface area (Å²) in [6, 6.07) is 4.45. The molecule has 2 aromatic heterocycles. The smallest absolute Gasteiger partial charge is 0.331 e. The Balaban J connectivity index is 2.03. The number of likely N-dealkylation sites (N-methyl/N-ethyl adjacent to an activating group) is 1. The van der Waals surface area contributed by atoms with Crippen molar-refractivity contribution in [3.8, 4) is 11.6 Å². The third-order valence-corrected chi connectivity index (χ3v) is 3.11. The first-order valence-electron chi connectivity index (χ1n) is 7.72. The largest absolute Gasteiger partial charge is 0.432 e. The molecule has 1 amide bonds. The van der Waals surface area contributed by atoms with Gasteiger partial charge in [0, 0.05) is 24.9 Å². The van der Waals surface area contributed by atoms with E-state index in [9.17, 15) is 14.9 Å². The lowest BCUT2D eigenvalue weighted by Gasteiger charge is -2.07. The summed E-state index contributed by atoms with van der Waals surface area (Å²) in [5.74, 6) is 0.184. The van der Waals surface area contributed by atoms with Crippen LogP contribution in [0.5, 0.6) is 11.6 Å². The fraction of sp³-hybridized carbons (Fsp3) is 0.235. The normalized spacial score (nSPS) is 10.9. The Kier molecular flexibility index (Phi) is 6.34. The van der Waals surface area contributed by atoms with E-state index >= 15 is 0 Å². The molecule has 0 fully saturated rings. The zero-order valence-corrected chi connectivity index (χ0v) is 14.7. The molecule has 9 nitrogen and oxygen atoms in total. The molecule has 136 valence electrons. The van der Waals surface area contributed by atoms with E-state index in [-0.39, 0.29) is 23.2 Å². The third kappa shape index (κ3) is 5.64. The van der Waals surface area contributed by atoms with E-state index in [2.05, 4.69) is 15.3 Å². The fourth-order valence-corrected chi connectivity index (χ4v) is 1.92. The van der Waals surface area contributed by atoms with Gasteiger partial charge >= 0.3 is 5.69 Å². The number of nitro groups is 1. The molecular formula is C17H19N5O4. The second kappa shape index (κ2) is 8.67. The zero-order chi connectivity index (χ0) is 19.1. The van der Waals surface area contributed by atoms with Gasteiger partial charge in [-0.15, -0.1) is 0 Å². The number of hydrogen-bond donors (Lipinski definition) is 1. The number of ether oxygens (including phenoxy) is 1. The van der Waals surface area contributed by atoms with Gasteiger partial charge in [-0.25, -0.2) is 9.97 Å². The van der Waals surface area contributed by atoms with Crippen molar-refractivity contribution in [1.82, 2.24) is 14.9 Å². The predicted octanol–water partition coefficient (Wildman–Crippen LogP) is 2.54. The predicted molar refractivity (Wildman–Crippen MR) is 96.3 cm³/mol. The van der Waals surface area contributed by atoms with Gasteiger partial charge in [-0.1, -0.05) is 6.08 Å². The molecule has 0 aliphatic heterocycles. The summed E-state index contributed by atoms with van der Waals surface area (Å²) in [6.45, 7) is 2.35. The quantitative estimate of drug-likeness (QED) is 0.460. The molecule has 0 aromatic carbocycles. The first kappa shape index (κ1) is 19.0. The van der Waals surface area contributed by atoms with Crippen LogP contribution >= 0.6 is 0 Å². The van der Waals surface area contributed by atoms with Gasteiger partial charge in [0.2, 0.25) is 5.91 Å². The minimum Gasteiger partial charge on any atom is -0.432 e. The Morgan fingerprint density at radius 1 is 1.35 bits per heavy atom. The number of nitrogens with zero attached hydrogens (tertiary/aromatic N) is 4. The van der Waals surface area contributed by atoms with E-state index in [1.807, 2.05) is 19.0 Å². The topological polar surface area (TPSA) is 110 Å². The summed E-state index contributed by atoms with van der Waals surface area (Å²) >= 11 is 0. The molecule has 0 aliphatic carbocycles. The summed E-state index contributed by atoms with van der Waals surface area (Å²) in [6.07, 6.45) is 5.98. The molecule has 0 radical (unpaired) electrons. The second-order valence-corrected chi connectivity index (χ2v) is 5.73. The molecule has 0 saturated heterocycles. The van der Waals surface area contributed by atoms with Crippen molar-refractivity contribution in [3.63, 3.8) is 0 Å². The van der Waals surface area contributed by atoms with E-state index in [0.717, 1.165) is 0 Å². The number of rotatable bonds is 7. The molecule has 0 saturated carbocycles. The van der Waals surface area contributed by atoms with Crippen LogP contribution < -0.4 is 10.1 Å². The van der Waals surface area contributed by atoms with Gasteiger partial charge in [-0.2, -0.15) is 0 Å². The number of amides is 1. The fourth-order valence-electron chi connectivity index (χ4n) is 1.92. The highest BCUT2D eigenvalue weighted by atomic mass is 16.6. The van der Waals surface area contributed by atoms with Crippen molar-refractivity contribution in [1.29, 1.82) is 0 Å². The monoisotopic (exact) mass is 357 g/mol. The van der Waals surface area contributed by atoms with Crippen LogP contribution in [-0.2, 0) is 4.79 Å². The highest BCUT2D eigenvalue weighted by Crippen LogP contribution is 2.29. The first-order valence-corrected chi connectivity index (χ1v) is 7.72. The van der Waals surface area contributed by atoms with E-state index in [1.54, 1.807) is 13.0 Å². The number of nitrogens with one attached hydrogen (secondary N) is 1. The summed E-state index contributed by atoms with van der Waals surface area (Å²) in [7, 11) is 3.80. The third-order valence-electron chi connectivity index (χ3n) is 3.11. The van der Waals surface area contributed by atoms with Gasteiger partial charge in [-0.05, 0) is 38.7 Å². The van der Waals surface area contributed by atoms with Crippen molar-refractivity contribution in [2.45, 2.75) is 6.92 Å². The Hall–Kier alpha value is -3.33. The minimum atomic E-state index is -0.558. The van der Waals surface area contributed by atoms with Crippen LogP contribution in [0.25, 0.3) is 0 Å². The van der Waals surface area contributed by atoms with E-state index in [0.29, 0.717) is 17.9 Å². The van der Waals surface area contributed by atoms with Crippen LogP contribution in [0.2, 0.25) is 0 Å². The van der Waals surface area contributed by atoms with Crippen molar-refractivity contribution >= 4 is 17.4 Å². The van der Waals surface area contributed by atoms with E-state index in [1.165, 1.54) is 36.7 Å². The zero-order valence-electron chi connectivity index (χ0n) is 14.7. The van der Waals surface area contributed by atoms with Gasteiger partial charge < -0.3 is 15.0 Å². The van der Waals surface area contributed by atoms with E-state index < -0.39 is 4.92 Å². The number of hydrogen-bond acceptors (Lipinski definition) is 7. The first-order chi connectivity index (χ1) is 12.3. The number of carbonyl (C=O) groups excluding carboxylic acids is 1. The Bertz CT molecular complexity index is 818. The molecule has 0 aliphatic rings. The van der Waals surface area contributed by atoms with Crippen LogP contribution in [-0.4, -0.2) is 46.3 Å². The maximum absolute atomic E-state index is 11.7. The maximum atomic E-state index is 11.7. The van der Waals surface area contributed by atoms with Gasteiger partial charge in [0.1, 0.15) is 11.6 Å². The Morgan fingerprint density at radius 2 is 2.12 bits per heavy atom. The molecule has 2 rings (SSSR count). The van der Waals surface area contributed by atoms with Crippen LogP contribution in [0.1, 0.15) is 5.56 Å². The molecule has 26 heavy (non-hydrogen) atoms. The highest BCUT2D eigenvalue weighted by molar-refractivity contribution is 5.98. The molecule has 9 heteroatoms. The van der Waals surface area contributed by atoms with Crippen LogP contribution in [0.4, 0.5) is 11.5 Å². The Labute approximate surface area is 150 Å². The summed E-state index contributed by atoms with van der Waals surface area (Å²) in [5.41, 5.74) is 0.427. The van der Waals surface area contributed by atoms with Crippen molar-refractivity contribution in [2.75, 3.05) is 26.0 Å². The molecule has 1 N–H and O–H groups in total. The lowest BCUT2D eigenvalue weighted by atomic mass is 10.3. The van der Waals surface area contributed by atoms with Crippen LogP contribution in [0.3, 0.4) is 0 Å². The van der Waals surface area contributed by atoms with Crippen LogP contribution in [0, 0.1) is 17.0 Å². The Morgan fingerprint density at radius 3 is 2.73 bits per heavy atom. The number of pyridine rings is 2. The van der Waals surface area contributed by atoms with Crippen molar-refractivity contribution < 1.29 is 14.5 Å². The van der Waals surface area contributed by atoms with Gasteiger partial charge in [0.25, 0.3) is 5.88 Å². The standard InChI is InChI=1S/C17H19N5O4/c1-12-9-14(22(24)25)17(19-10-12)26-13-6-7-15(18-11-13)20-16(23)5-4-8-21(2)3/h4-7,9-11H,8H2,1-3H3,(H,18,20,23)/b5-4+. The maximum Gasteiger partial charge on any atom is 0.331 e. The average Bonchev–Trinajstić information content (AvgIpc) is 2.57.